The first-order chi connectivity index (χ1) is 8.40. The van der Waals surface area contributed by atoms with Crippen molar-refractivity contribution in [3.8, 4) is 0 Å². The Morgan fingerprint density at radius 1 is 1.50 bits per heavy atom. The maximum atomic E-state index is 12.1. The molecule has 1 rings (SSSR count). The topological polar surface area (TPSA) is 49.6 Å². The van der Waals surface area contributed by atoms with E-state index in [1.54, 1.807) is 0 Å². The Balaban J connectivity index is 2.39. The van der Waals surface area contributed by atoms with Crippen LogP contribution in [0.3, 0.4) is 0 Å². The number of likely N-dealkylation sites (N-methyl/N-ethyl adjacent to an activating group) is 1. The smallest absolute Gasteiger partial charge is 0.239 e. The van der Waals surface area contributed by atoms with Gasteiger partial charge in [-0.05, 0) is 44.7 Å². The quantitative estimate of drug-likeness (QED) is 0.802. The Hall–Kier alpha value is -0.610. The van der Waals surface area contributed by atoms with Crippen molar-refractivity contribution in [2.24, 2.45) is 17.6 Å². The number of hydrogen-bond acceptors (Lipinski definition) is 3. The molecule has 106 valence electrons. The highest BCUT2D eigenvalue weighted by atomic mass is 16.2. The summed E-state index contributed by atoms with van der Waals surface area (Å²) in [7, 11) is 4.04. The molecule has 0 radical (unpaired) electrons. The van der Waals surface area contributed by atoms with E-state index in [1.807, 2.05) is 11.9 Å². The van der Waals surface area contributed by atoms with Gasteiger partial charge in [0.15, 0.2) is 0 Å². The van der Waals surface area contributed by atoms with Crippen LogP contribution in [0.25, 0.3) is 0 Å². The predicted octanol–water partition coefficient (Wildman–Crippen LogP) is 1.16. The summed E-state index contributed by atoms with van der Waals surface area (Å²) >= 11 is 0. The summed E-state index contributed by atoms with van der Waals surface area (Å²) in [6.07, 6.45) is 3.23. The molecular formula is C14H29N3O. The lowest BCUT2D eigenvalue weighted by molar-refractivity contribution is -0.132. The average molecular weight is 255 g/mol. The molecule has 0 aromatic heterocycles. The predicted molar refractivity (Wildman–Crippen MR) is 75.3 cm³/mol. The molecule has 0 bridgehead atoms. The van der Waals surface area contributed by atoms with Gasteiger partial charge in [-0.15, -0.1) is 0 Å². The van der Waals surface area contributed by atoms with Crippen molar-refractivity contribution in [3.63, 3.8) is 0 Å². The third kappa shape index (κ3) is 4.94. The third-order valence-corrected chi connectivity index (χ3v) is 3.67. The fourth-order valence-electron chi connectivity index (χ4n) is 2.79. The van der Waals surface area contributed by atoms with Crippen molar-refractivity contribution in [2.75, 3.05) is 33.7 Å². The fourth-order valence-corrected chi connectivity index (χ4v) is 2.79. The maximum absolute atomic E-state index is 12.1. The first-order valence-corrected chi connectivity index (χ1v) is 7.09. The number of carbonyl (C=O) groups excluding carboxylic acids is 1. The van der Waals surface area contributed by atoms with Crippen molar-refractivity contribution < 1.29 is 4.79 Å². The van der Waals surface area contributed by atoms with Gasteiger partial charge in [-0.2, -0.15) is 0 Å². The zero-order valence-electron chi connectivity index (χ0n) is 12.4. The molecule has 1 amide bonds. The van der Waals surface area contributed by atoms with Gasteiger partial charge in [-0.25, -0.2) is 0 Å². The van der Waals surface area contributed by atoms with Gasteiger partial charge in [-0.1, -0.05) is 13.8 Å². The second kappa shape index (κ2) is 7.10. The van der Waals surface area contributed by atoms with E-state index in [-0.39, 0.29) is 11.9 Å². The Morgan fingerprint density at radius 2 is 2.17 bits per heavy atom. The molecule has 0 aromatic carbocycles. The summed E-state index contributed by atoms with van der Waals surface area (Å²) < 4.78 is 0. The van der Waals surface area contributed by atoms with Gasteiger partial charge in [0, 0.05) is 20.1 Å². The van der Waals surface area contributed by atoms with Crippen LogP contribution in [0.2, 0.25) is 0 Å². The van der Waals surface area contributed by atoms with E-state index in [9.17, 15) is 4.79 Å². The highest BCUT2D eigenvalue weighted by Gasteiger charge is 2.23. The molecule has 0 aromatic rings. The lowest BCUT2D eigenvalue weighted by atomic mass is 9.97. The number of piperidine rings is 1. The van der Waals surface area contributed by atoms with Gasteiger partial charge in [-0.3, -0.25) is 4.79 Å². The monoisotopic (exact) mass is 255 g/mol. The van der Waals surface area contributed by atoms with Crippen LogP contribution in [-0.4, -0.2) is 55.5 Å². The Bertz CT molecular complexity index is 268. The second-order valence-corrected chi connectivity index (χ2v) is 6.23. The Labute approximate surface area is 111 Å². The molecule has 1 fully saturated rings. The number of rotatable bonds is 5. The number of nitrogens with zero attached hydrogens (tertiary/aromatic N) is 2. The third-order valence-electron chi connectivity index (χ3n) is 3.67. The molecule has 18 heavy (non-hydrogen) atoms. The van der Waals surface area contributed by atoms with Crippen molar-refractivity contribution in [1.82, 2.24) is 9.80 Å². The lowest BCUT2D eigenvalue weighted by Gasteiger charge is -2.33. The molecule has 2 atom stereocenters. The van der Waals surface area contributed by atoms with Gasteiger partial charge in [0.2, 0.25) is 5.91 Å². The van der Waals surface area contributed by atoms with Crippen molar-refractivity contribution in [3.05, 3.63) is 0 Å². The van der Waals surface area contributed by atoms with E-state index in [0.29, 0.717) is 11.8 Å². The molecule has 1 unspecified atom stereocenters. The molecule has 1 saturated heterocycles. The minimum Gasteiger partial charge on any atom is -0.344 e. The van der Waals surface area contributed by atoms with E-state index in [4.69, 9.17) is 5.73 Å². The summed E-state index contributed by atoms with van der Waals surface area (Å²) in [5, 5.41) is 0. The Morgan fingerprint density at radius 3 is 2.72 bits per heavy atom. The standard InChI is InChI=1S/C14H29N3O/c1-11(2)8-13(15)14(18)17(4)10-12-6-5-7-16(3)9-12/h11-13H,5-10,15H2,1-4H3/t12?,13-/m0/s1. The fraction of sp³-hybridized carbons (Fsp3) is 0.929. The van der Waals surface area contributed by atoms with Crippen LogP contribution in [0, 0.1) is 11.8 Å². The largest absolute Gasteiger partial charge is 0.344 e. The summed E-state index contributed by atoms with van der Waals surface area (Å²) in [5.41, 5.74) is 5.95. The molecule has 4 heteroatoms. The van der Waals surface area contributed by atoms with Crippen LogP contribution in [-0.2, 0) is 4.79 Å². The number of hydrogen-bond donors (Lipinski definition) is 1. The molecule has 1 heterocycles. The highest BCUT2D eigenvalue weighted by molar-refractivity contribution is 5.81. The number of likely N-dealkylation sites (tertiary alicyclic amines) is 1. The second-order valence-electron chi connectivity index (χ2n) is 6.23. The zero-order valence-corrected chi connectivity index (χ0v) is 12.4. The molecule has 0 aliphatic carbocycles. The molecule has 4 nitrogen and oxygen atoms in total. The van der Waals surface area contributed by atoms with Gasteiger partial charge in [0.1, 0.15) is 0 Å². The van der Waals surface area contributed by atoms with Crippen molar-refractivity contribution in [1.29, 1.82) is 0 Å². The molecule has 1 aliphatic rings. The van der Waals surface area contributed by atoms with Gasteiger partial charge >= 0.3 is 0 Å². The normalized spacial score (nSPS) is 23.1. The SMILES string of the molecule is CC(C)C[C@H](N)C(=O)N(C)CC1CCCN(C)C1. The van der Waals surface area contributed by atoms with Crippen LogP contribution in [0.4, 0.5) is 0 Å². The molecular weight excluding hydrogens is 226 g/mol. The Kier molecular flexibility index (Phi) is 6.09. The van der Waals surface area contributed by atoms with Crippen molar-refractivity contribution >= 4 is 5.91 Å². The van der Waals surface area contributed by atoms with E-state index in [0.717, 1.165) is 19.5 Å². The first kappa shape index (κ1) is 15.4. The van der Waals surface area contributed by atoms with Gasteiger partial charge in [0.05, 0.1) is 6.04 Å². The maximum Gasteiger partial charge on any atom is 0.239 e. The number of nitrogens with two attached hydrogens (primary N) is 1. The minimum absolute atomic E-state index is 0.0944. The number of carbonyl (C=O) groups is 1. The molecule has 0 saturated carbocycles. The minimum atomic E-state index is -0.337. The van der Waals surface area contributed by atoms with Crippen LogP contribution in [0.15, 0.2) is 0 Å². The van der Waals surface area contributed by atoms with E-state index >= 15 is 0 Å². The zero-order chi connectivity index (χ0) is 13.7. The van der Waals surface area contributed by atoms with Gasteiger partial charge in [0.25, 0.3) is 0 Å². The number of amides is 1. The molecule has 1 aliphatic heterocycles. The van der Waals surface area contributed by atoms with Crippen LogP contribution in [0.5, 0.6) is 0 Å². The highest BCUT2D eigenvalue weighted by Crippen LogP contribution is 2.16. The van der Waals surface area contributed by atoms with Crippen LogP contribution in [0.1, 0.15) is 33.1 Å². The van der Waals surface area contributed by atoms with E-state index < -0.39 is 0 Å². The van der Waals surface area contributed by atoms with Crippen LogP contribution >= 0.6 is 0 Å². The van der Waals surface area contributed by atoms with E-state index in [1.165, 1.54) is 19.4 Å². The summed E-state index contributed by atoms with van der Waals surface area (Å²) in [6.45, 7) is 7.32. The van der Waals surface area contributed by atoms with Crippen molar-refractivity contribution in [2.45, 2.75) is 39.2 Å². The van der Waals surface area contributed by atoms with E-state index in [2.05, 4.69) is 25.8 Å². The molecule has 0 spiro atoms. The summed E-state index contributed by atoms with van der Waals surface area (Å²) in [5.74, 6) is 1.17. The average Bonchev–Trinajstić information content (AvgIpc) is 2.27. The summed E-state index contributed by atoms with van der Waals surface area (Å²) in [4.78, 5) is 16.3. The van der Waals surface area contributed by atoms with Crippen LogP contribution < -0.4 is 5.73 Å². The molecule has 2 N–H and O–H groups in total. The lowest BCUT2D eigenvalue weighted by Crippen LogP contribution is -2.46. The summed E-state index contributed by atoms with van der Waals surface area (Å²) in [6, 6.07) is -0.337. The van der Waals surface area contributed by atoms with Gasteiger partial charge < -0.3 is 15.5 Å². The first-order valence-electron chi connectivity index (χ1n) is 7.09.